The molecule has 0 aliphatic carbocycles. The van der Waals surface area contributed by atoms with Crippen LogP contribution in [0.4, 0.5) is 0 Å². The first-order valence-corrected chi connectivity index (χ1v) is 47.9. The lowest BCUT2D eigenvalue weighted by Gasteiger charge is -2.21. The molecule has 0 saturated carbocycles. The molecule has 0 aliphatic heterocycles. The van der Waals surface area contributed by atoms with Crippen molar-refractivity contribution < 1.29 is 99.5 Å². The second-order valence-electron chi connectivity index (χ2n) is 31.5. The Kier molecular flexibility index (Phi) is 106. The Morgan fingerprint density at radius 3 is 0.322 bits per heavy atom. The van der Waals surface area contributed by atoms with Crippen LogP contribution in [0.5, 0.6) is 0 Å². The highest BCUT2D eigenvalue weighted by atomic mass is 16.5. The number of rotatable bonds is 109. The molecule has 692 valence electrons. The van der Waals surface area contributed by atoms with Gasteiger partial charge in [0.15, 0.2) is 0 Å². The van der Waals surface area contributed by atoms with Crippen LogP contribution >= 0.6 is 0 Å². The van der Waals surface area contributed by atoms with Crippen molar-refractivity contribution in [3.8, 4) is 0 Å². The van der Waals surface area contributed by atoms with Crippen LogP contribution in [0.1, 0.15) is 304 Å². The van der Waals surface area contributed by atoms with Crippen molar-refractivity contribution in [1.29, 1.82) is 0 Å². The topological polar surface area (TPSA) is 220 Å². The van der Waals surface area contributed by atoms with Crippen LogP contribution in [0.2, 0.25) is 0 Å². The number of unbranched alkanes of at least 4 members (excludes halogenated alkanes) is 20. The second-order valence-corrected chi connectivity index (χ2v) is 31.5. The molecule has 2 atom stereocenters. The van der Waals surface area contributed by atoms with E-state index in [9.17, 15) is 0 Å². The summed E-state index contributed by atoms with van der Waals surface area (Å²) in [6.07, 6.45) is 45.2. The molecule has 0 aromatic carbocycles. The standard InChI is InChI=1S/C93H189NO21/c1-91(2)90-93(4)92(3)46-89-115-87-44-43-85-113-83-40-39-81-111-79-36-35-77-109-75-32-31-73-107-71-28-27-69-105-67-24-23-65-103-63-20-19-61-101-59-16-15-57-99-55-12-11-53-97-51-8-7-49-95-48-5-6-50-96-52-9-10-54-98-56-13-14-58-100-60-17-18-62-102-64-21-22-66-104-68-25-26-70-106-72-29-30-74-108-76-33-34-78-110-80-37-38-82-112-84-41-42-86-114-88-45-47-94/h91-93H,5-90,94H2,1-4H3. The van der Waals surface area contributed by atoms with E-state index in [1.54, 1.807) is 0 Å². The summed E-state index contributed by atoms with van der Waals surface area (Å²) in [6, 6.07) is 0. The molecule has 115 heavy (non-hydrogen) atoms. The van der Waals surface area contributed by atoms with Gasteiger partial charge in [0.05, 0.1) is 0 Å². The largest absolute Gasteiger partial charge is 0.381 e. The van der Waals surface area contributed by atoms with Crippen LogP contribution < -0.4 is 5.73 Å². The summed E-state index contributed by atoms with van der Waals surface area (Å²) < 4.78 is 122. The lowest BCUT2D eigenvalue weighted by molar-refractivity contribution is 0.0754. The summed E-state index contributed by atoms with van der Waals surface area (Å²) in [6.45, 7) is 44.0. The molecule has 22 heteroatoms. The van der Waals surface area contributed by atoms with Crippen molar-refractivity contribution in [1.82, 2.24) is 0 Å². The van der Waals surface area contributed by atoms with Crippen molar-refractivity contribution in [3.05, 3.63) is 0 Å². The van der Waals surface area contributed by atoms with Gasteiger partial charge in [0.2, 0.25) is 0 Å². The van der Waals surface area contributed by atoms with Gasteiger partial charge in [0.25, 0.3) is 0 Å². The zero-order valence-corrected chi connectivity index (χ0v) is 75.7. The Hall–Kier alpha value is -0.880. The smallest absolute Gasteiger partial charge is 0.0478 e. The van der Waals surface area contributed by atoms with E-state index in [1.165, 1.54) is 6.42 Å². The Labute approximate surface area is 707 Å². The summed E-state index contributed by atoms with van der Waals surface area (Å²) >= 11 is 0. The third kappa shape index (κ3) is 107. The van der Waals surface area contributed by atoms with Crippen molar-refractivity contribution in [2.45, 2.75) is 304 Å². The summed E-state index contributed by atoms with van der Waals surface area (Å²) in [5.74, 6) is 2.29. The number of hydrogen-bond donors (Lipinski definition) is 1. The highest BCUT2D eigenvalue weighted by molar-refractivity contribution is 4.64. The first-order valence-electron chi connectivity index (χ1n) is 47.9. The summed E-state index contributed by atoms with van der Waals surface area (Å²) in [5, 5.41) is 0. The fourth-order valence-electron chi connectivity index (χ4n) is 12.0. The van der Waals surface area contributed by atoms with Crippen molar-refractivity contribution >= 4 is 0 Å². The molecule has 0 saturated heterocycles. The molecule has 0 spiro atoms. The maximum Gasteiger partial charge on any atom is 0.0478 e. The van der Waals surface area contributed by atoms with Crippen LogP contribution in [0.15, 0.2) is 0 Å². The van der Waals surface area contributed by atoms with E-state index in [-0.39, 0.29) is 0 Å². The third-order valence-corrected chi connectivity index (χ3v) is 19.6. The average Bonchev–Trinajstić information content (AvgIpc) is 0.968. The van der Waals surface area contributed by atoms with Crippen molar-refractivity contribution in [2.24, 2.45) is 23.5 Å². The van der Waals surface area contributed by atoms with E-state index in [4.69, 9.17) is 105 Å². The fraction of sp³-hybridized carbons (Fsp3) is 1.00. The predicted octanol–water partition coefficient (Wildman–Crippen LogP) is 19.0. The minimum Gasteiger partial charge on any atom is -0.381 e. The third-order valence-electron chi connectivity index (χ3n) is 19.6. The maximum absolute atomic E-state index is 5.87. The lowest BCUT2D eigenvalue weighted by atomic mass is 9.86. The molecular formula is C93H189NO21. The van der Waals surface area contributed by atoms with E-state index in [0.717, 1.165) is 565 Å². The molecule has 0 aromatic heterocycles. The molecule has 0 amide bonds. The summed E-state index contributed by atoms with van der Waals surface area (Å²) in [4.78, 5) is 0. The highest BCUT2D eigenvalue weighted by Gasteiger charge is 2.14. The summed E-state index contributed by atoms with van der Waals surface area (Å²) in [5.41, 5.74) is 5.46. The molecular weight excluding hydrogens is 1470 g/mol. The highest BCUT2D eigenvalue weighted by Crippen LogP contribution is 2.22. The molecule has 0 bridgehead atoms. The molecule has 0 radical (unpaired) electrons. The van der Waals surface area contributed by atoms with E-state index in [1.807, 2.05) is 0 Å². The maximum atomic E-state index is 5.87. The van der Waals surface area contributed by atoms with Gasteiger partial charge in [-0.05, 0) is 300 Å². The quantitative estimate of drug-likeness (QED) is 0.0559. The van der Waals surface area contributed by atoms with E-state index in [2.05, 4.69) is 27.7 Å². The van der Waals surface area contributed by atoms with Crippen molar-refractivity contribution in [2.75, 3.05) is 284 Å². The molecule has 22 nitrogen and oxygen atoms in total. The van der Waals surface area contributed by atoms with Gasteiger partial charge >= 0.3 is 0 Å². The van der Waals surface area contributed by atoms with Crippen LogP contribution in [0.3, 0.4) is 0 Å². The Balaban J connectivity index is 3.11. The SMILES string of the molecule is CC(C)CC(C)C(C)CCOCCCCOCCCCOCCCCOCCCCOCCCCOCCCCOCCCCOCCCCOCCCCOCCCCOCCCCOCCCCOCCCCOCCCCOCCCCOCCCCOCCCCOCCCCOCCCCOCCCCOCCCN. The first kappa shape index (κ1) is 114. The van der Waals surface area contributed by atoms with E-state index in [0.29, 0.717) is 6.54 Å². The Bertz CT molecular complexity index is 1650. The molecule has 2 unspecified atom stereocenters. The van der Waals surface area contributed by atoms with Crippen LogP contribution in [-0.4, -0.2) is 284 Å². The number of hydrogen-bond acceptors (Lipinski definition) is 22. The Morgan fingerprint density at radius 1 is 0.130 bits per heavy atom. The average molecular weight is 1660 g/mol. The van der Waals surface area contributed by atoms with Gasteiger partial charge in [-0.3, -0.25) is 0 Å². The zero-order valence-electron chi connectivity index (χ0n) is 75.7. The zero-order chi connectivity index (χ0) is 82.4. The number of ether oxygens (including phenoxy) is 21. The van der Waals surface area contributed by atoms with Gasteiger partial charge in [-0.1, -0.05) is 27.7 Å². The van der Waals surface area contributed by atoms with Gasteiger partial charge in [-0.25, -0.2) is 0 Å². The van der Waals surface area contributed by atoms with Crippen LogP contribution in [0.25, 0.3) is 0 Å². The fourth-order valence-corrected chi connectivity index (χ4v) is 12.0. The van der Waals surface area contributed by atoms with Crippen LogP contribution in [-0.2, 0) is 99.5 Å². The monoisotopic (exact) mass is 1660 g/mol. The van der Waals surface area contributed by atoms with Gasteiger partial charge in [0, 0.05) is 277 Å². The van der Waals surface area contributed by atoms with Gasteiger partial charge in [0.1, 0.15) is 0 Å². The molecule has 0 fully saturated rings. The normalized spacial score (nSPS) is 12.5. The van der Waals surface area contributed by atoms with Gasteiger partial charge in [-0.15, -0.1) is 0 Å². The Morgan fingerprint density at radius 2 is 0.226 bits per heavy atom. The van der Waals surface area contributed by atoms with Crippen molar-refractivity contribution in [3.63, 3.8) is 0 Å². The molecule has 0 heterocycles. The second kappa shape index (κ2) is 107. The number of nitrogens with two attached hydrogens (primary N) is 1. The molecule has 0 rings (SSSR count). The van der Waals surface area contributed by atoms with Gasteiger partial charge < -0.3 is 105 Å². The molecule has 0 aliphatic rings. The van der Waals surface area contributed by atoms with E-state index < -0.39 is 0 Å². The van der Waals surface area contributed by atoms with Gasteiger partial charge in [-0.2, -0.15) is 0 Å². The minimum atomic E-state index is 0.695. The first-order chi connectivity index (χ1) is 57.1. The van der Waals surface area contributed by atoms with Crippen LogP contribution in [0, 0.1) is 17.8 Å². The predicted molar refractivity (Wildman–Crippen MR) is 468 cm³/mol. The van der Waals surface area contributed by atoms with E-state index >= 15 is 0 Å². The lowest BCUT2D eigenvalue weighted by Crippen LogP contribution is -2.13. The molecule has 0 aromatic rings. The summed E-state index contributed by atoms with van der Waals surface area (Å²) in [7, 11) is 0. The molecule has 2 N–H and O–H groups in total. The minimum absolute atomic E-state index is 0.695.